The van der Waals surface area contributed by atoms with Crippen LogP contribution in [-0.2, 0) is 16.0 Å². The number of hydrogen-bond acceptors (Lipinski definition) is 6. The van der Waals surface area contributed by atoms with Crippen molar-refractivity contribution in [3.05, 3.63) is 74.6 Å². The number of methoxy groups -OCH3 is 1. The lowest BCUT2D eigenvalue weighted by molar-refractivity contribution is -0.115. The Morgan fingerprint density at radius 1 is 1.03 bits per heavy atom. The molecule has 0 fully saturated rings. The van der Waals surface area contributed by atoms with E-state index in [1.165, 1.54) is 0 Å². The number of esters is 1. The molecule has 3 rings (SSSR count). The molecule has 0 aliphatic carbocycles. The number of ether oxygens (including phenoxy) is 2. The molecule has 1 aromatic heterocycles. The first kappa shape index (κ1) is 25.3. The largest absolute Gasteiger partial charge is 0.497 e. The zero-order valence-electron chi connectivity index (χ0n) is 19.3. The molecule has 9 heteroatoms. The number of carbonyl (C=O) groups excluding carboxylic acids is 3. The van der Waals surface area contributed by atoms with Crippen LogP contribution in [0.15, 0.2) is 42.5 Å². The number of hydrogen-bond donors (Lipinski definition) is 2. The Bertz CT molecular complexity index is 1220. The number of carbonyl (C=O) groups is 3. The van der Waals surface area contributed by atoms with Crippen molar-refractivity contribution in [2.75, 3.05) is 24.4 Å². The van der Waals surface area contributed by atoms with Crippen LogP contribution >= 0.6 is 22.9 Å². The van der Waals surface area contributed by atoms with Gasteiger partial charge in [-0.05, 0) is 61.7 Å². The van der Waals surface area contributed by atoms with Gasteiger partial charge in [0.2, 0.25) is 5.91 Å². The van der Waals surface area contributed by atoms with Gasteiger partial charge in [0.15, 0.2) is 0 Å². The summed E-state index contributed by atoms with van der Waals surface area (Å²) in [7, 11) is 1.57. The minimum Gasteiger partial charge on any atom is -0.497 e. The molecule has 0 aliphatic rings. The summed E-state index contributed by atoms with van der Waals surface area (Å²) in [5.41, 5.74) is 2.79. The third-order valence-electron chi connectivity index (χ3n) is 5.04. The van der Waals surface area contributed by atoms with Crippen molar-refractivity contribution >= 4 is 51.4 Å². The summed E-state index contributed by atoms with van der Waals surface area (Å²) in [6.07, 6.45) is 0.0899. The van der Waals surface area contributed by atoms with Gasteiger partial charge in [0, 0.05) is 10.7 Å². The summed E-state index contributed by atoms with van der Waals surface area (Å²) in [5, 5.41) is 6.36. The molecule has 1 heterocycles. The van der Waals surface area contributed by atoms with Crippen molar-refractivity contribution in [2.24, 2.45) is 0 Å². The maximum Gasteiger partial charge on any atom is 0.341 e. The average Bonchev–Trinajstić information content (AvgIpc) is 3.12. The van der Waals surface area contributed by atoms with Gasteiger partial charge in [0.1, 0.15) is 10.8 Å². The Morgan fingerprint density at radius 2 is 1.74 bits per heavy atom. The maximum absolute atomic E-state index is 13.0. The average molecular weight is 501 g/mol. The number of nitrogens with one attached hydrogen (secondary N) is 2. The molecule has 7 nitrogen and oxygen atoms in total. The number of benzene rings is 2. The van der Waals surface area contributed by atoms with E-state index in [-0.39, 0.29) is 29.5 Å². The van der Waals surface area contributed by atoms with Gasteiger partial charge in [-0.25, -0.2) is 4.79 Å². The molecule has 0 unspecified atom stereocenters. The highest BCUT2D eigenvalue weighted by Gasteiger charge is 2.27. The van der Waals surface area contributed by atoms with Crippen LogP contribution in [0.5, 0.6) is 5.75 Å². The highest BCUT2D eigenvalue weighted by molar-refractivity contribution is 7.19. The van der Waals surface area contributed by atoms with Crippen molar-refractivity contribution in [1.29, 1.82) is 0 Å². The number of amides is 2. The monoisotopic (exact) mass is 500 g/mol. The molecule has 2 aromatic carbocycles. The SMILES string of the molecule is CCOC(=O)c1c(NC(=O)Cc2ccc(OC)cc2)sc(C(=O)Nc2ccc(C)c(Cl)c2)c1C. The third kappa shape index (κ3) is 5.95. The van der Waals surface area contributed by atoms with Gasteiger partial charge in [-0.2, -0.15) is 0 Å². The van der Waals surface area contributed by atoms with Crippen molar-refractivity contribution in [3.8, 4) is 5.75 Å². The van der Waals surface area contributed by atoms with Crippen LogP contribution in [0.1, 0.15) is 43.6 Å². The molecule has 0 radical (unpaired) electrons. The lowest BCUT2D eigenvalue weighted by atomic mass is 10.1. The second-order valence-corrected chi connectivity index (χ2v) is 8.90. The van der Waals surface area contributed by atoms with Crippen LogP contribution in [0.3, 0.4) is 0 Å². The van der Waals surface area contributed by atoms with Gasteiger partial charge in [-0.3, -0.25) is 9.59 Å². The Labute approximate surface area is 207 Å². The van der Waals surface area contributed by atoms with Crippen molar-refractivity contribution < 1.29 is 23.9 Å². The second kappa shape index (κ2) is 11.2. The maximum atomic E-state index is 13.0. The summed E-state index contributed by atoms with van der Waals surface area (Å²) >= 11 is 7.18. The Kier molecular flexibility index (Phi) is 8.31. The Morgan fingerprint density at radius 3 is 2.35 bits per heavy atom. The smallest absolute Gasteiger partial charge is 0.341 e. The molecule has 2 amide bonds. The first-order valence-electron chi connectivity index (χ1n) is 10.5. The molecule has 0 atom stereocenters. The van der Waals surface area contributed by atoms with Crippen LogP contribution in [0.25, 0.3) is 0 Å². The lowest BCUT2D eigenvalue weighted by Gasteiger charge is -2.08. The highest BCUT2D eigenvalue weighted by atomic mass is 35.5. The summed E-state index contributed by atoms with van der Waals surface area (Å²) in [5.74, 6) is -0.653. The first-order valence-corrected chi connectivity index (χ1v) is 11.7. The van der Waals surface area contributed by atoms with E-state index in [0.29, 0.717) is 26.9 Å². The van der Waals surface area contributed by atoms with E-state index in [9.17, 15) is 14.4 Å². The predicted molar refractivity (Wildman–Crippen MR) is 134 cm³/mol. The topological polar surface area (TPSA) is 93.7 Å². The summed E-state index contributed by atoms with van der Waals surface area (Å²) in [6.45, 7) is 5.37. The van der Waals surface area contributed by atoms with Gasteiger partial charge >= 0.3 is 5.97 Å². The van der Waals surface area contributed by atoms with E-state index in [0.717, 1.165) is 22.5 Å². The molecule has 34 heavy (non-hydrogen) atoms. The predicted octanol–water partition coefficient (Wildman–Crippen LogP) is 5.64. The fourth-order valence-corrected chi connectivity index (χ4v) is 4.51. The molecule has 0 saturated carbocycles. The minimum absolute atomic E-state index is 0.0899. The number of anilines is 2. The zero-order chi connectivity index (χ0) is 24.8. The molecule has 0 bridgehead atoms. The Balaban J connectivity index is 1.85. The van der Waals surface area contributed by atoms with Crippen molar-refractivity contribution in [3.63, 3.8) is 0 Å². The normalized spacial score (nSPS) is 10.5. The van der Waals surface area contributed by atoms with Gasteiger partial charge in [0.25, 0.3) is 5.91 Å². The van der Waals surface area contributed by atoms with Gasteiger partial charge in [-0.15, -0.1) is 11.3 Å². The minimum atomic E-state index is -0.603. The van der Waals surface area contributed by atoms with Crippen LogP contribution in [0, 0.1) is 13.8 Å². The van der Waals surface area contributed by atoms with E-state index in [4.69, 9.17) is 21.1 Å². The second-order valence-electron chi connectivity index (χ2n) is 7.47. The summed E-state index contributed by atoms with van der Waals surface area (Å²) in [6, 6.07) is 12.3. The quantitative estimate of drug-likeness (QED) is 0.390. The summed E-state index contributed by atoms with van der Waals surface area (Å²) in [4.78, 5) is 38.6. The highest BCUT2D eigenvalue weighted by Crippen LogP contribution is 2.35. The van der Waals surface area contributed by atoms with E-state index in [1.54, 1.807) is 63.4 Å². The van der Waals surface area contributed by atoms with Crippen molar-refractivity contribution in [2.45, 2.75) is 27.2 Å². The summed E-state index contributed by atoms with van der Waals surface area (Å²) < 4.78 is 10.3. The molecule has 0 saturated heterocycles. The van der Waals surface area contributed by atoms with Gasteiger partial charge in [-0.1, -0.05) is 29.8 Å². The third-order valence-corrected chi connectivity index (χ3v) is 6.65. The molecular weight excluding hydrogens is 476 g/mol. The molecule has 0 aliphatic heterocycles. The van der Waals surface area contributed by atoms with Gasteiger partial charge in [0.05, 0.1) is 30.6 Å². The van der Waals surface area contributed by atoms with E-state index in [1.807, 2.05) is 6.92 Å². The van der Waals surface area contributed by atoms with E-state index < -0.39 is 11.9 Å². The van der Waals surface area contributed by atoms with Crippen LogP contribution in [0.4, 0.5) is 10.7 Å². The number of halogens is 1. The van der Waals surface area contributed by atoms with Crippen molar-refractivity contribution in [1.82, 2.24) is 0 Å². The molecule has 3 aromatic rings. The molecule has 178 valence electrons. The fraction of sp³-hybridized carbons (Fsp3) is 0.240. The first-order chi connectivity index (χ1) is 16.2. The lowest BCUT2D eigenvalue weighted by Crippen LogP contribution is -2.16. The molecule has 2 N–H and O–H groups in total. The molecular formula is C25H25ClN2O5S. The number of aryl methyl sites for hydroxylation is 1. The fourth-order valence-electron chi connectivity index (χ4n) is 3.23. The van der Waals surface area contributed by atoms with E-state index in [2.05, 4.69) is 10.6 Å². The van der Waals surface area contributed by atoms with Gasteiger partial charge < -0.3 is 20.1 Å². The van der Waals surface area contributed by atoms with Crippen LogP contribution in [0.2, 0.25) is 5.02 Å². The standard InChI is InChI=1S/C25H25ClN2O5S/c1-5-33-25(31)21-15(3)22(23(30)27-17-9-6-14(2)19(26)13-17)34-24(21)28-20(29)12-16-7-10-18(32-4)11-8-16/h6-11,13H,5,12H2,1-4H3,(H,27,30)(H,28,29). The van der Waals surface area contributed by atoms with Crippen LogP contribution in [-0.4, -0.2) is 31.5 Å². The molecule has 0 spiro atoms. The van der Waals surface area contributed by atoms with E-state index >= 15 is 0 Å². The van der Waals surface area contributed by atoms with Crippen LogP contribution < -0.4 is 15.4 Å². The Hall–Kier alpha value is -3.36. The zero-order valence-corrected chi connectivity index (χ0v) is 20.9. The number of rotatable bonds is 8. The number of thiophene rings is 1.